The Hall–Kier alpha value is -0.930. The molecule has 1 aliphatic heterocycles. The topological polar surface area (TPSA) is 8.88 Å². The third kappa shape index (κ3) is 4.04. The van der Waals surface area contributed by atoms with Crippen LogP contribution in [0.15, 0.2) is 24.3 Å². The van der Waals surface area contributed by atoms with Gasteiger partial charge in [-0.2, -0.15) is 0 Å². The van der Waals surface area contributed by atoms with Crippen LogP contribution in [0, 0.1) is 11.7 Å². The Morgan fingerprint density at radius 3 is 2.43 bits per heavy atom. The maximum Gasteiger partial charge on any atom is 0.127 e. The van der Waals surface area contributed by atoms with E-state index in [1.807, 2.05) is 17.0 Å². The Morgan fingerprint density at radius 1 is 1.05 bits per heavy atom. The van der Waals surface area contributed by atoms with Crippen molar-refractivity contribution in [3.05, 3.63) is 35.6 Å². The molecule has 1 saturated heterocycles. The van der Waals surface area contributed by atoms with Crippen LogP contribution in [0.25, 0.3) is 0 Å². The highest BCUT2D eigenvalue weighted by molar-refractivity contribution is 5.14. The summed E-state index contributed by atoms with van der Waals surface area (Å²) in [5.74, 6) is 0.801. The van der Waals surface area contributed by atoms with Crippen molar-refractivity contribution < 1.29 is 14.2 Å². The lowest BCUT2D eigenvalue weighted by Gasteiger charge is -2.37. The van der Waals surface area contributed by atoms with Gasteiger partial charge in [0.25, 0.3) is 0 Å². The third-order valence-corrected chi connectivity index (χ3v) is 5.48. The van der Waals surface area contributed by atoms with Crippen molar-refractivity contribution in [3.63, 3.8) is 0 Å². The summed E-state index contributed by atoms with van der Waals surface area (Å²) in [6, 6.07) is 7.95. The lowest BCUT2D eigenvalue weighted by molar-refractivity contribution is -1.03. The summed E-state index contributed by atoms with van der Waals surface area (Å²) in [6.07, 6.45) is 5.74. The van der Waals surface area contributed by atoms with Gasteiger partial charge in [0.15, 0.2) is 0 Å². The molecular formula is C18H29FN2+2. The molecule has 2 atom stereocenters. The van der Waals surface area contributed by atoms with E-state index in [0.717, 1.165) is 18.5 Å². The van der Waals surface area contributed by atoms with Crippen LogP contribution in [0.3, 0.4) is 0 Å². The van der Waals surface area contributed by atoms with Crippen molar-refractivity contribution in [2.75, 3.05) is 26.2 Å². The van der Waals surface area contributed by atoms with Crippen LogP contribution in [-0.2, 0) is 6.54 Å². The Morgan fingerprint density at radius 2 is 1.76 bits per heavy atom. The summed E-state index contributed by atoms with van der Waals surface area (Å²) in [5, 5.41) is 0. The van der Waals surface area contributed by atoms with E-state index in [9.17, 15) is 4.39 Å². The highest BCUT2D eigenvalue weighted by Crippen LogP contribution is 2.21. The Kier molecular flexibility index (Phi) is 4.91. The van der Waals surface area contributed by atoms with Gasteiger partial charge in [0.2, 0.25) is 0 Å². The standard InChI is InChI=1S/C18H27FN2/c1-15-3-2-4-18(13-15)21-11-9-20(10-12-21)14-16-5-7-17(19)8-6-16/h5-8,15,18H,2-4,9-14H2,1H3/p+2/t15-,18-/m1/s1. The molecule has 0 radical (unpaired) electrons. The number of hydrogen-bond acceptors (Lipinski definition) is 0. The molecule has 0 aromatic heterocycles. The van der Waals surface area contributed by atoms with Gasteiger partial charge in [-0.3, -0.25) is 0 Å². The Labute approximate surface area is 127 Å². The minimum atomic E-state index is -0.130. The second kappa shape index (κ2) is 6.89. The van der Waals surface area contributed by atoms with E-state index in [-0.39, 0.29) is 5.82 Å². The Bertz CT molecular complexity index is 437. The normalized spacial score (nSPS) is 33.8. The van der Waals surface area contributed by atoms with Crippen molar-refractivity contribution in [1.82, 2.24) is 0 Å². The summed E-state index contributed by atoms with van der Waals surface area (Å²) in [6.45, 7) is 8.62. The van der Waals surface area contributed by atoms with Crippen molar-refractivity contribution in [3.8, 4) is 0 Å². The maximum atomic E-state index is 12.9. The predicted molar refractivity (Wildman–Crippen MR) is 82.9 cm³/mol. The van der Waals surface area contributed by atoms with Crippen LogP contribution in [0.5, 0.6) is 0 Å². The maximum absolute atomic E-state index is 12.9. The van der Waals surface area contributed by atoms with Crippen LogP contribution < -0.4 is 9.80 Å². The third-order valence-electron chi connectivity index (χ3n) is 5.48. The fraction of sp³-hybridized carbons (Fsp3) is 0.667. The molecule has 2 aliphatic rings. The van der Waals surface area contributed by atoms with Crippen LogP contribution in [0.2, 0.25) is 0 Å². The predicted octanol–water partition coefficient (Wildman–Crippen LogP) is 0.688. The molecule has 1 aromatic carbocycles. The zero-order valence-corrected chi connectivity index (χ0v) is 13.2. The summed E-state index contributed by atoms with van der Waals surface area (Å²) >= 11 is 0. The molecule has 3 rings (SSSR count). The largest absolute Gasteiger partial charge is 0.323 e. The van der Waals surface area contributed by atoms with Crippen molar-refractivity contribution in [1.29, 1.82) is 0 Å². The van der Waals surface area contributed by atoms with Crippen LogP contribution in [0.1, 0.15) is 38.2 Å². The molecule has 3 heteroatoms. The molecule has 1 saturated carbocycles. The van der Waals surface area contributed by atoms with Crippen molar-refractivity contribution in [2.24, 2.45) is 5.92 Å². The average Bonchev–Trinajstić information content (AvgIpc) is 2.50. The highest BCUT2D eigenvalue weighted by Gasteiger charge is 2.32. The number of benzene rings is 1. The van der Waals surface area contributed by atoms with Gasteiger partial charge >= 0.3 is 0 Å². The van der Waals surface area contributed by atoms with Crippen LogP contribution >= 0.6 is 0 Å². The molecule has 1 aromatic rings. The number of hydrogen-bond donors (Lipinski definition) is 2. The smallest absolute Gasteiger partial charge is 0.127 e. The van der Waals surface area contributed by atoms with Crippen molar-refractivity contribution >= 4 is 0 Å². The van der Waals surface area contributed by atoms with E-state index in [2.05, 4.69) is 6.92 Å². The molecule has 1 heterocycles. The molecular weight excluding hydrogens is 263 g/mol. The van der Waals surface area contributed by atoms with E-state index in [0.29, 0.717) is 0 Å². The fourth-order valence-electron chi connectivity index (χ4n) is 4.21. The summed E-state index contributed by atoms with van der Waals surface area (Å²) < 4.78 is 12.9. The minimum absolute atomic E-state index is 0.130. The van der Waals surface area contributed by atoms with E-state index in [1.165, 1.54) is 57.4 Å². The SMILES string of the molecule is C[C@@H]1CCC[C@@H]([NH+]2CC[NH+](Cc3ccc(F)cc3)CC2)C1. The number of quaternary nitrogens is 2. The molecule has 0 bridgehead atoms. The first-order chi connectivity index (χ1) is 10.2. The van der Waals surface area contributed by atoms with Gasteiger partial charge in [-0.15, -0.1) is 0 Å². The first-order valence-electron chi connectivity index (χ1n) is 8.63. The second-order valence-electron chi connectivity index (χ2n) is 7.18. The summed E-state index contributed by atoms with van der Waals surface area (Å²) in [4.78, 5) is 3.51. The van der Waals surface area contributed by atoms with Gasteiger partial charge in [0.05, 0.1) is 6.04 Å². The quantitative estimate of drug-likeness (QED) is 0.811. The molecule has 2 fully saturated rings. The second-order valence-corrected chi connectivity index (χ2v) is 7.18. The van der Waals surface area contributed by atoms with E-state index < -0.39 is 0 Å². The molecule has 21 heavy (non-hydrogen) atoms. The lowest BCUT2D eigenvalue weighted by Crippen LogP contribution is -3.29. The van der Waals surface area contributed by atoms with Gasteiger partial charge in [-0.05, 0) is 30.9 Å². The van der Waals surface area contributed by atoms with Crippen molar-refractivity contribution in [2.45, 2.75) is 45.2 Å². The first kappa shape index (κ1) is 15.0. The monoisotopic (exact) mass is 292 g/mol. The number of piperazine rings is 1. The van der Waals surface area contributed by atoms with Gasteiger partial charge in [-0.1, -0.05) is 25.5 Å². The molecule has 1 aliphatic carbocycles. The zero-order chi connectivity index (χ0) is 14.7. The zero-order valence-electron chi connectivity index (χ0n) is 13.2. The van der Waals surface area contributed by atoms with E-state index in [1.54, 1.807) is 17.0 Å². The molecule has 0 spiro atoms. The van der Waals surface area contributed by atoms with E-state index >= 15 is 0 Å². The lowest BCUT2D eigenvalue weighted by atomic mass is 9.86. The van der Waals surface area contributed by atoms with E-state index in [4.69, 9.17) is 0 Å². The van der Waals surface area contributed by atoms with Crippen LogP contribution in [0.4, 0.5) is 4.39 Å². The van der Waals surface area contributed by atoms with Gasteiger partial charge in [-0.25, -0.2) is 4.39 Å². The molecule has 116 valence electrons. The van der Waals surface area contributed by atoms with Crippen LogP contribution in [-0.4, -0.2) is 32.2 Å². The minimum Gasteiger partial charge on any atom is -0.323 e. The number of halogens is 1. The first-order valence-corrected chi connectivity index (χ1v) is 8.63. The summed E-state index contributed by atoms with van der Waals surface area (Å²) in [5.41, 5.74) is 1.26. The number of nitrogens with one attached hydrogen (secondary N) is 2. The van der Waals surface area contributed by atoms with Gasteiger partial charge < -0.3 is 9.80 Å². The highest BCUT2D eigenvalue weighted by atomic mass is 19.1. The Balaban J connectivity index is 1.47. The molecule has 2 nitrogen and oxygen atoms in total. The molecule has 0 unspecified atom stereocenters. The fourth-order valence-corrected chi connectivity index (χ4v) is 4.21. The molecule has 2 N–H and O–H groups in total. The summed E-state index contributed by atoms with van der Waals surface area (Å²) in [7, 11) is 0. The van der Waals surface area contributed by atoms with Gasteiger partial charge in [0.1, 0.15) is 38.5 Å². The molecule has 0 amide bonds. The van der Waals surface area contributed by atoms with Gasteiger partial charge in [0, 0.05) is 12.0 Å². The number of rotatable bonds is 3. The average molecular weight is 292 g/mol.